The van der Waals surface area contributed by atoms with E-state index in [0.717, 1.165) is 37.4 Å². The molecule has 0 bridgehead atoms. The standard InChI is InChI=1S/C21H24N2O3/c24-21(26-17-19-5-2-1-3-6-19)22-12-4-7-18-8-10-20(11-9-18)23-13-15-25-16-14-23/h1-11H,12-17H2,(H,22,24). The van der Waals surface area contributed by atoms with Crippen LogP contribution in [-0.2, 0) is 16.1 Å². The van der Waals surface area contributed by atoms with Crippen molar-refractivity contribution in [2.45, 2.75) is 6.61 Å². The zero-order chi connectivity index (χ0) is 18.0. The normalized spacial score (nSPS) is 14.4. The number of nitrogens with one attached hydrogen (secondary N) is 1. The SMILES string of the molecule is O=C(NCC=Cc1ccc(N2CCOCC2)cc1)OCc1ccccc1. The summed E-state index contributed by atoms with van der Waals surface area (Å²) in [5.41, 5.74) is 3.29. The molecular weight excluding hydrogens is 328 g/mol. The van der Waals surface area contributed by atoms with Crippen molar-refractivity contribution in [3.05, 3.63) is 71.8 Å². The van der Waals surface area contributed by atoms with Gasteiger partial charge in [-0.05, 0) is 23.3 Å². The Morgan fingerprint density at radius 3 is 2.54 bits per heavy atom. The van der Waals surface area contributed by atoms with E-state index in [4.69, 9.17) is 9.47 Å². The van der Waals surface area contributed by atoms with Crippen LogP contribution >= 0.6 is 0 Å². The van der Waals surface area contributed by atoms with E-state index < -0.39 is 6.09 Å². The number of nitrogens with zero attached hydrogens (tertiary/aromatic N) is 1. The first-order valence-electron chi connectivity index (χ1n) is 8.85. The van der Waals surface area contributed by atoms with E-state index in [2.05, 4.69) is 34.5 Å². The maximum atomic E-state index is 11.7. The quantitative estimate of drug-likeness (QED) is 0.865. The second-order valence-electron chi connectivity index (χ2n) is 6.04. The number of benzene rings is 2. The highest BCUT2D eigenvalue weighted by Crippen LogP contribution is 2.17. The van der Waals surface area contributed by atoms with Crippen LogP contribution in [0.2, 0.25) is 0 Å². The van der Waals surface area contributed by atoms with Crippen LogP contribution in [0.3, 0.4) is 0 Å². The summed E-state index contributed by atoms with van der Waals surface area (Å²) in [6.45, 7) is 4.15. The minimum Gasteiger partial charge on any atom is -0.445 e. The van der Waals surface area contributed by atoms with Crippen LogP contribution in [0.4, 0.5) is 10.5 Å². The lowest BCUT2D eigenvalue weighted by Gasteiger charge is -2.28. The Balaban J connectivity index is 1.38. The van der Waals surface area contributed by atoms with E-state index >= 15 is 0 Å². The third-order valence-electron chi connectivity index (χ3n) is 4.16. The molecule has 5 nitrogen and oxygen atoms in total. The predicted octanol–water partition coefficient (Wildman–Crippen LogP) is 3.46. The van der Waals surface area contributed by atoms with Gasteiger partial charge in [-0.15, -0.1) is 0 Å². The molecular formula is C21H24N2O3. The summed E-state index contributed by atoms with van der Waals surface area (Å²) in [4.78, 5) is 14.0. The van der Waals surface area contributed by atoms with Gasteiger partial charge in [0.1, 0.15) is 6.61 Å². The highest BCUT2D eigenvalue weighted by molar-refractivity contribution is 5.67. The first-order valence-corrected chi connectivity index (χ1v) is 8.85. The number of carbonyl (C=O) groups excluding carboxylic acids is 1. The molecule has 26 heavy (non-hydrogen) atoms. The Labute approximate surface area is 154 Å². The molecule has 0 aliphatic carbocycles. The summed E-state index contributed by atoms with van der Waals surface area (Å²) in [5, 5.41) is 2.72. The number of rotatable bonds is 6. The zero-order valence-corrected chi connectivity index (χ0v) is 14.8. The molecule has 1 heterocycles. The van der Waals surface area contributed by atoms with Crippen molar-refractivity contribution in [2.75, 3.05) is 37.7 Å². The molecule has 3 rings (SSSR count). The first kappa shape index (κ1) is 18.0. The highest BCUT2D eigenvalue weighted by atomic mass is 16.5. The molecule has 0 unspecified atom stereocenters. The van der Waals surface area contributed by atoms with Crippen LogP contribution in [0, 0.1) is 0 Å². The zero-order valence-electron chi connectivity index (χ0n) is 14.8. The topological polar surface area (TPSA) is 50.8 Å². The maximum absolute atomic E-state index is 11.7. The van der Waals surface area contributed by atoms with Gasteiger partial charge in [0, 0.05) is 25.3 Å². The lowest BCUT2D eigenvalue weighted by atomic mass is 10.1. The second kappa shape index (κ2) is 9.63. The molecule has 0 saturated carbocycles. The van der Waals surface area contributed by atoms with Crippen LogP contribution in [0.5, 0.6) is 0 Å². The number of carbonyl (C=O) groups is 1. The van der Waals surface area contributed by atoms with Crippen molar-refractivity contribution in [1.29, 1.82) is 0 Å². The Kier molecular flexibility index (Phi) is 6.67. The number of alkyl carbamates (subject to hydrolysis) is 1. The Morgan fingerprint density at radius 1 is 1.08 bits per heavy atom. The Bertz CT molecular complexity index is 708. The van der Waals surface area contributed by atoms with Crippen LogP contribution < -0.4 is 10.2 Å². The van der Waals surface area contributed by atoms with Gasteiger partial charge in [-0.25, -0.2) is 4.79 Å². The fourth-order valence-electron chi connectivity index (χ4n) is 2.73. The van der Waals surface area contributed by atoms with E-state index in [9.17, 15) is 4.79 Å². The summed E-state index contributed by atoms with van der Waals surface area (Å²) < 4.78 is 10.5. The fourth-order valence-corrected chi connectivity index (χ4v) is 2.73. The van der Waals surface area contributed by atoms with E-state index in [0.29, 0.717) is 6.54 Å². The van der Waals surface area contributed by atoms with E-state index in [1.165, 1.54) is 5.69 Å². The molecule has 2 aromatic rings. The van der Waals surface area contributed by atoms with Gasteiger partial charge in [-0.2, -0.15) is 0 Å². The summed E-state index contributed by atoms with van der Waals surface area (Å²) in [7, 11) is 0. The lowest BCUT2D eigenvalue weighted by molar-refractivity contribution is 0.122. The van der Waals surface area contributed by atoms with Crippen LogP contribution in [0.15, 0.2) is 60.7 Å². The molecule has 1 N–H and O–H groups in total. The molecule has 136 valence electrons. The summed E-state index contributed by atoms with van der Waals surface area (Å²) >= 11 is 0. The third-order valence-corrected chi connectivity index (χ3v) is 4.16. The van der Waals surface area contributed by atoms with Crippen molar-refractivity contribution >= 4 is 17.9 Å². The molecule has 5 heteroatoms. The van der Waals surface area contributed by atoms with E-state index in [-0.39, 0.29) is 6.61 Å². The van der Waals surface area contributed by atoms with E-state index in [1.54, 1.807) is 0 Å². The largest absolute Gasteiger partial charge is 0.445 e. The molecule has 1 amide bonds. The number of hydrogen-bond acceptors (Lipinski definition) is 4. The van der Waals surface area contributed by atoms with Crippen molar-refractivity contribution in [1.82, 2.24) is 5.32 Å². The van der Waals surface area contributed by atoms with Gasteiger partial charge in [-0.1, -0.05) is 54.6 Å². The lowest BCUT2D eigenvalue weighted by Crippen LogP contribution is -2.36. The van der Waals surface area contributed by atoms with Gasteiger partial charge in [0.05, 0.1) is 13.2 Å². The molecule has 0 spiro atoms. The molecule has 0 radical (unpaired) electrons. The number of hydrogen-bond donors (Lipinski definition) is 1. The average Bonchev–Trinajstić information content (AvgIpc) is 2.71. The van der Waals surface area contributed by atoms with Gasteiger partial charge in [0.15, 0.2) is 0 Å². The number of ether oxygens (including phenoxy) is 2. The predicted molar refractivity (Wildman–Crippen MR) is 103 cm³/mol. The monoisotopic (exact) mass is 352 g/mol. The Hall–Kier alpha value is -2.79. The summed E-state index contributed by atoms with van der Waals surface area (Å²) in [6.07, 6.45) is 3.48. The Morgan fingerprint density at radius 2 is 1.81 bits per heavy atom. The number of morpholine rings is 1. The average molecular weight is 352 g/mol. The minimum atomic E-state index is -0.416. The molecule has 1 aliphatic heterocycles. The van der Waals surface area contributed by atoms with Crippen LogP contribution in [0.25, 0.3) is 6.08 Å². The van der Waals surface area contributed by atoms with Crippen LogP contribution in [-0.4, -0.2) is 38.9 Å². The summed E-state index contributed by atoms with van der Waals surface area (Å²) in [6, 6.07) is 18.0. The highest BCUT2D eigenvalue weighted by Gasteiger charge is 2.10. The smallest absolute Gasteiger partial charge is 0.407 e. The van der Waals surface area contributed by atoms with Crippen molar-refractivity contribution in [3.63, 3.8) is 0 Å². The van der Waals surface area contributed by atoms with Crippen molar-refractivity contribution < 1.29 is 14.3 Å². The third kappa shape index (κ3) is 5.63. The second-order valence-corrected chi connectivity index (χ2v) is 6.04. The van der Waals surface area contributed by atoms with Gasteiger partial charge >= 0.3 is 6.09 Å². The summed E-state index contributed by atoms with van der Waals surface area (Å²) in [5.74, 6) is 0. The van der Waals surface area contributed by atoms with Gasteiger partial charge < -0.3 is 19.7 Å². The van der Waals surface area contributed by atoms with Crippen LogP contribution in [0.1, 0.15) is 11.1 Å². The molecule has 1 saturated heterocycles. The molecule has 1 fully saturated rings. The molecule has 0 atom stereocenters. The molecule has 0 aromatic heterocycles. The molecule has 1 aliphatic rings. The van der Waals surface area contributed by atoms with Gasteiger partial charge in [0.25, 0.3) is 0 Å². The fraction of sp³-hybridized carbons (Fsp3) is 0.286. The minimum absolute atomic E-state index is 0.277. The first-order chi connectivity index (χ1) is 12.8. The molecule has 2 aromatic carbocycles. The van der Waals surface area contributed by atoms with E-state index in [1.807, 2.05) is 42.5 Å². The maximum Gasteiger partial charge on any atom is 0.407 e. The number of anilines is 1. The van der Waals surface area contributed by atoms with Gasteiger partial charge in [-0.3, -0.25) is 0 Å². The van der Waals surface area contributed by atoms with Crippen molar-refractivity contribution in [2.24, 2.45) is 0 Å². The van der Waals surface area contributed by atoms with Gasteiger partial charge in [0.2, 0.25) is 0 Å². The number of amides is 1. The van der Waals surface area contributed by atoms with Crippen molar-refractivity contribution in [3.8, 4) is 0 Å².